The summed E-state index contributed by atoms with van der Waals surface area (Å²) in [5, 5.41) is 2.12. The van der Waals surface area contributed by atoms with Crippen LogP contribution in [0.1, 0.15) is 0 Å². The first-order valence-corrected chi connectivity index (χ1v) is 20.8. The van der Waals surface area contributed by atoms with Crippen molar-refractivity contribution in [2.45, 2.75) is 0 Å². The molecular weight excluding hydrogens is 757 g/mol. The number of fused-ring (bicyclic) bond motifs is 3. The summed E-state index contributed by atoms with van der Waals surface area (Å²) in [4.78, 5) is 17.2. The number of aromatic nitrogens is 3. The summed E-state index contributed by atoms with van der Waals surface area (Å²) in [5.41, 5.74) is 14.2. The van der Waals surface area contributed by atoms with Crippen molar-refractivity contribution in [2.75, 3.05) is 4.90 Å². The SMILES string of the molecule is c1ccc(-c2ccc(N(c3ccccc3)c3ccc(-c4cccc(-c5cccc(-c6nc(-c7ccccc7)nc(-c7ccccc7)n6)c5)c4)c4oc5ccccc5c34)cc2)cc1. The van der Waals surface area contributed by atoms with Gasteiger partial charge in [0, 0.05) is 39.0 Å². The van der Waals surface area contributed by atoms with Gasteiger partial charge in [0.25, 0.3) is 0 Å². The Morgan fingerprint density at radius 2 is 0.774 bits per heavy atom. The van der Waals surface area contributed by atoms with Gasteiger partial charge in [0.15, 0.2) is 17.5 Å². The fourth-order valence-electron chi connectivity index (χ4n) is 8.30. The molecule has 0 aliphatic rings. The van der Waals surface area contributed by atoms with Gasteiger partial charge >= 0.3 is 0 Å². The molecule has 0 amide bonds. The van der Waals surface area contributed by atoms with Crippen molar-refractivity contribution in [1.82, 2.24) is 15.0 Å². The lowest BCUT2D eigenvalue weighted by Gasteiger charge is -2.27. The molecule has 9 aromatic carbocycles. The van der Waals surface area contributed by atoms with Gasteiger partial charge in [0.05, 0.1) is 11.1 Å². The van der Waals surface area contributed by atoms with E-state index in [2.05, 4.69) is 169 Å². The van der Waals surface area contributed by atoms with Crippen LogP contribution in [-0.4, -0.2) is 15.0 Å². The maximum absolute atomic E-state index is 6.85. The number of rotatable bonds is 9. The van der Waals surface area contributed by atoms with Crippen LogP contribution in [0.2, 0.25) is 0 Å². The van der Waals surface area contributed by atoms with Gasteiger partial charge < -0.3 is 9.32 Å². The lowest BCUT2D eigenvalue weighted by Crippen LogP contribution is -2.10. The number of hydrogen-bond acceptors (Lipinski definition) is 5. The molecule has 0 N–H and O–H groups in total. The lowest BCUT2D eigenvalue weighted by atomic mass is 9.96. The van der Waals surface area contributed by atoms with Gasteiger partial charge in [0.1, 0.15) is 11.2 Å². The molecular formula is C57H38N4O. The van der Waals surface area contributed by atoms with Crippen LogP contribution >= 0.6 is 0 Å². The van der Waals surface area contributed by atoms with Crippen molar-refractivity contribution in [2.24, 2.45) is 0 Å². The third-order valence-corrected chi connectivity index (χ3v) is 11.3. The zero-order valence-corrected chi connectivity index (χ0v) is 33.6. The summed E-state index contributed by atoms with van der Waals surface area (Å²) in [6.45, 7) is 0. The minimum atomic E-state index is 0.618. The van der Waals surface area contributed by atoms with E-state index in [0.29, 0.717) is 17.5 Å². The van der Waals surface area contributed by atoms with Crippen LogP contribution in [0.4, 0.5) is 17.1 Å². The standard InChI is InChI=1S/C57H38N4O/c1-5-17-39(18-6-1)40-31-33-48(34-32-40)61(47-27-11-4-12-28-47)51-36-35-49(54-53(51)50-29-13-14-30-52(50)62-54)45-25-15-23-43(37-45)44-24-16-26-46(38-44)57-59-55(41-19-7-2-8-20-41)58-56(60-57)42-21-9-3-10-22-42/h1-38H. The summed E-state index contributed by atoms with van der Waals surface area (Å²) >= 11 is 0. The Morgan fingerprint density at radius 3 is 1.40 bits per heavy atom. The minimum Gasteiger partial charge on any atom is -0.455 e. The quantitative estimate of drug-likeness (QED) is 0.146. The normalized spacial score (nSPS) is 11.2. The largest absolute Gasteiger partial charge is 0.455 e. The van der Waals surface area contributed by atoms with E-state index in [1.54, 1.807) is 0 Å². The fourth-order valence-corrected chi connectivity index (χ4v) is 8.30. The maximum atomic E-state index is 6.85. The second kappa shape index (κ2) is 16.0. The van der Waals surface area contributed by atoms with Gasteiger partial charge in [-0.05, 0) is 82.4 Å². The van der Waals surface area contributed by atoms with Gasteiger partial charge in [0.2, 0.25) is 0 Å². The molecule has 5 nitrogen and oxygen atoms in total. The number of anilines is 3. The number of hydrogen-bond donors (Lipinski definition) is 0. The van der Waals surface area contributed by atoms with Gasteiger partial charge in [-0.15, -0.1) is 0 Å². The van der Waals surface area contributed by atoms with Crippen molar-refractivity contribution in [3.05, 3.63) is 231 Å². The summed E-state index contributed by atoms with van der Waals surface area (Å²) in [6, 6.07) is 79.9. The first kappa shape index (κ1) is 36.7. The molecule has 0 saturated heterocycles. The Labute approximate surface area is 359 Å². The number of para-hydroxylation sites is 2. The average Bonchev–Trinajstić information content (AvgIpc) is 3.76. The predicted molar refractivity (Wildman–Crippen MR) is 254 cm³/mol. The predicted octanol–water partition coefficient (Wildman–Crippen LogP) is 15.2. The van der Waals surface area contributed by atoms with E-state index in [0.717, 1.165) is 77.9 Å². The molecule has 0 bridgehead atoms. The van der Waals surface area contributed by atoms with E-state index in [-0.39, 0.29) is 0 Å². The van der Waals surface area contributed by atoms with E-state index in [1.807, 2.05) is 66.7 Å². The Balaban J connectivity index is 1.02. The second-order valence-electron chi connectivity index (χ2n) is 15.2. The molecule has 5 heteroatoms. The third-order valence-electron chi connectivity index (χ3n) is 11.3. The molecule has 0 saturated carbocycles. The molecule has 0 atom stereocenters. The van der Waals surface area contributed by atoms with Crippen LogP contribution in [0, 0.1) is 0 Å². The molecule has 0 unspecified atom stereocenters. The summed E-state index contributed by atoms with van der Waals surface area (Å²) < 4.78 is 6.85. The highest BCUT2D eigenvalue weighted by Gasteiger charge is 2.22. The Bertz CT molecular complexity index is 3270. The van der Waals surface area contributed by atoms with E-state index >= 15 is 0 Å². The van der Waals surface area contributed by atoms with Crippen LogP contribution in [0.25, 0.3) is 89.5 Å². The summed E-state index contributed by atoms with van der Waals surface area (Å²) in [6.07, 6.45) is 0. The van der Waals surface area contributed by atoms with E-state index < -0.39 is 0 Å². The third kappa shape index (κ3) is 6.97. The Morgan fingerprint density at radius 1 is 0.323 bits per heavy atom. The Kier molecular flexibility index (Phi) is 9.45. The van der Waals surface area contributed by atoms with Crippen molar-refractivity contribution in [3.8, 4) is 67.5 Å². The smallest absolute Gasteiger partial charge is 0.164 e. The Hall–Kier alpha value is -8.41. The average molecular weight is 795 g/mol. The zero-order valence-electron chi connectivity index (χ0n) is 33.6. The van der Waals surface area contributed by atoms with Gasteiger partial charge in [-0.3, -0.25) is 0 Å². The van der Waals surface area contributed by atoms with Crippen molar-refractivity contribution >= 4 is 39.0 Å². The van der Waals surface area contributed by atoms with Crippen LogP contribution in [0.3, 0.4) is 0 Å². The van der Waals surface area contributed by atoms with E-state index in [1.165, 1.54) is 11.1 Å². The topological polar surface area (TPSA) is 55.1 Å². The lowest BCUT2D eigenvalue weighted by molar-refractivity contribution is 0.670. The first-order valence-electron chi connectivity index (χ1n) is 20.8. The molecule has 0 aliphatic carbocycles. The highest BCUT2D eigenvalue weighted by Crippen LogP contribution is 2.46. The number of benzene rings is 9. The summed E-state index contributed by atoms with van der Waals surface area (Å²) in [5.74, 6) is 1.89. The molecule has 2 aromatic heterocycles. The first-order chi connectivity index (χ1) is 30.7. The highest BCUT2D eigenvalue weighted by atomic mass is 16.3. The summed E-state index contributed by atoms with van der Waals surface area (Å²) in [7, 11) is 0. The van der Waals surface area contributed by atoms with E-state index in [9.17, 15) is 0 Å². The van der Waals surface area contributed by atoms with Crippen molar-refractivity contribution in [1.29, 1.82) is 0 Å². The molecule has 2 heterocycles. The zero-order chi connectivity index (χ0) is 41.2. The van der Waals surface area contributed by atoms with Gasteiger partial charge in [-0.2, -0.15) is 0 Å². The number of furan rings is 1. The molecule has 62 heavy (non-hydrogen) atoms. The van der Waals surface area contributed by atoms with Crippen molar-refractivity contribution in [3.63, 3.8) is 0 Å². The molecule has 0 aliphatic heterocycles. The molecule has 11 rings (SSSR count). The molecule has 0 spiro atoms. The fraction of sp³-hybridized carbons (Fsp3) is 0. The highest BCUT2D eigenvalue weighted by molar-refractivity contribution is 6.17. The van der Waals surface area contributed by atoms with Crippen LogP contribution in [0.5, 0.6) is 0 Å². The monoisotopic (exact) mass is 794 g/mol. The van der Waals surface area contributed by atoms with E-state index in [4.69, 9.17) is 19.4 Å². The molecule has 0 fully saturated rings. The van der Waals surface area contributed by atoms with Crippen LogP contribution in [0.15, 0.2) is 235 Å². The second-order valence-corrected chi connectivity index (χ2v) is 15.2. The van der Waals surface area contributed by atoms with Crippen molar-refractivity contribution < 1.29 is 4.42 Å². The molecule has 0 radical (unpaired) electrons. The van der Waals surface area contributed by atoms with Crippen LogP contribution < -0.4 is 4.90 Å². The van der Waals surface area contributed by atoms with Crippen LogP contribution in [-0.2, 0) is 0 Å². The molecule has 292 valence electrons. The van der Waals surface area contributed by atoms with Gasteiger partial charge in [-0.25, -0.2) is 15.0 Å². The maximum Gasteiger partial charge on any atom is 0.164 e. The minimum absolute atomic E-state index is 0.618. The molecule has 11 aromatic rings. The number of nitrogens with zero attached hydrogens (tertiary/aromatic N) is 4. The van der Waals surface area contributed by atoms with Gasteiger partial charge in [-0.1, -0.05) is 176 Å².